The third-order valence-corrected chi connectivity index (χ3v) is 3.26. The molecule has 1 N–H and O–H groups in total. The number of ether oxygens (including phenoxy) is 1. The molecule has 0 radical (unpaired) electrons. The molecule has 92 valence electrons. The van der Waals surface area contributed by atoms with E-state index in [1.165, 1.54) is 11.3 Å². The minimum Gasteiger partial charge on any atom is -0.383 e. The summed E-state index contributed by atoms with van der Waals surface area (Å²) in [5.74, 6) is 0. The molecule has 0 fully saturated rings. The molecule has 0 saturated heterocycles. The van der Waals surface area contributed by atoms with Crippen LogP contribution in [0, 0.1) is 0 Å². The van der Waals surface area contributed by atoms with Crippen LogP contribution >= 0.6 is 12.2 Å². The number of anilines is 1. The molecule has 0 saturated carbocycles. The predicted molar refractivity (Wildman–Crippen MR) is 74.6 cm³/mol. The maximum absolute atomic E-state index is 5.44. The summed E-state index contributed by atoms with van der Waals surface area (Å²) in [4.78, 5) is 2.16. The van der Waals surface area contributed by atoms with Gasteiger partial charge in [-0.15, -0.1) is 0 Å². The van der Waals surface area contributed by atoms with Crippen molar-refractivity contribution in [2.24, 2.45) is 0 Å². The van der Waals surface area contributed by atoms with Crippen LogP contribution in [0.1, 0.15) is 12.5 Å². The van der Waals surface area contributed by atoms with Crippen molar-refractivity contribution in [3.8, 4) is 0 Å². The lowest BCUT2D eigenvalue weighted by Crippen LogP contribution is -2.44. The molecule has 1 aliphatic heterocycles. The highest BCUT2D eigenvalue weighted by Crippen LogP contribution is 2.27. The van der Waals surface area contributed by atoms with Crippen LogP contribution in [-0.4, -0.2) is 31.4 Å². The third kappa shape index (κ3) is 2.76. The quantitative estimate of drug-likeness (QED) is 0.829. The van der Waals surface area contributed by atoms with Gasteiger partial charge in [0.05, 0.1) is 6.61 Å². The summed E-state index contributed by atoms with van der Waals surface area (Å²) in [5, 5.41) is 4.09. The lowest BCUT2D eigenvalue weighted by atomic mass is 10.2. The fourth-order valence-corrected chi connectivity index (χ4v) is 2.52. The smallest absolute Gasteiger partial charge is 0.173 e. The Labute approximate surface area is 108 Å². The van der Waals surface area contributed by atoms with Crippen LogP contribution in [0.4, 0.5) is 5.69 Å². The Morgan fingerprint density at radius 3 is 3.06 bits per heavy atom. The van der Waals surface area contributed by atoms with E-state index in [1.807, 2.05) is 0 Å². The summed E-state index contributed by atoms with van der Waals surface area (Å²) < 4.78 is 5.10. The number of rotatable bonds is 3. The monoisotopic (exact) mass is 250 g/mol. The Morgan fingerprint density at radius 1 is 1.53 bits per heavy atom. The van der Waals surface area contributed by atoms with Gasteiger partial charge in [-0.25, -0.2) is 0 Å². The first kappa shape index (κ1) is 12.3. The molecule has 0 bridgehead atoms. The lowest BCUT2D eigenvalue weighted by molar-refractivity contribution is 0.179. The molecule has 4 heteroatoms. The number of thiocarbonyl (C=S) groups is 1. The SMILES string of the molecule is COCC(C)NC(=S)N1CCc2ccccc21. The molecule has 1 aliphatic rings. The second-order valence-corrected chi connectivity index (χ2v) is 4.72. The van der Waals surface area contributed by atoms with Crippen molar-refractivity contribution < 1.29 is 4.74 Å². The summed E-state index contributed by atoms with van der Waals surface area (Å²) in [5.41, 5.74) is 2.60. The minimum absolute atomic E-state index is 0.236. The van der Waals surface area contributed by atoms with E-state index in [0.29, 0.717) is 6.61 Å². The van der Waals surface area contributed by atoms with E-state index in [9.17, 15) is 0 Å². The number of hydrogen-bond acceptors (Lipinski definition) is 2. The van der Waals surface area contributed by atoms with E-state index in [4.69, 9.17) is 17.0 Å². The summed E-state index contributed by atoms with van der Waals surface area (Å²) in [7, 11) is 1.70. The maximum Gasteiger partial charge on any atom is 0.173 e. The number of nitrogens with zero attached hydrogens (tertiary/aromatic N) is 1. The molecule has 1 atom stereocenters. The van der Waals surface area contributed by atoms with Gasteiger partial charge in [0.25, 0.3) is 0 Å². The molecule has 0 spiro atoms. The van der Waals surface area contributed by atoms with E-state index in [-0.39, 0.29) is 6.04 Å². The van der Waals surface area contributed by atoms with Gasteiger partial charge >= 0.3 is 0 Å². The van der Waals surface area contributed by atoms with E-state index in [0.717, 1.165) is 18.1 Å². The first-order valence-electron chi connectivity index (χ1n) is 5.87. The Hall–Kier alpha value is -1.13. The Morgan fingerprint density at radius 2 is 2.29 bits per heavy atom. The topological polar surface area (TPSA) is 24.5 Å². The standard InChI is InChI=1S/C13H18N2OS/c1-10(9-16-2)14-13(17)15-8-7-11-5-3-4-6-12(11)15/h3-6,10H,7-9H2,1-2H3,(H,14,17). The first-order valence-corrected chi connectivity index (χ1v) is 6.28. The normalized spacial score (nSPS) is 15.5. The van der Waals surface area contributed by atoms with Crippen molar-refractivity contribution in [3.05, 3.63) is 29.8 Å². The van der Waals surface area contributed by atoms with Crippen LogP contribution in [0.2, 0.25) is 0 Å². The van der Waals surface area contributed by atoms with Crippen LogP contribution in [0.15, 0.2) is 24.3 Å². The molecular formula is C13H18N2OS. The molecule has 0 aliphatic carbocycles. The van der Waals surface area contributed by atoms with Gasteiger partial charge in [0.2, 0.25) is 0 Å². The van der Waals surface area contributed by atoms with Gasteiger partial charge in [-0.3, -0.25) is 0 Å². The highest BCUT2D eigenvalue weighted by molar-refractivity contribution is 7.80. The zero-order chi connectivity index (χ0) is 12.3. The van der Waals surface area contributed by atoms with Crippen molar-refractivity contribution in [1.82, 2.24) is 5.32 Å². The van der Waals surface area contributed by atoms with Gasteiger partial charge < -0.3 is 15.0 Å². The fraction of sp³-hybridized carbons (Fsp3) is 0.462. The number of benzene rings is 1. The number of hydrogen-bond donors (Lipinski definition) is 1. The molecule has 2 rings (SSSR count). The van der Waals surface area contributed by atoms with Gasteiger partial charge in [0, 0.05) is 25.4 Å². The summed E-state index contributed by atoms with van der Waals surface area (Å²) in [6.45, 7) is 3.69. The highest BCUT2D eigenvalue weighted by Gasteiger charge is 2.22. The second-order valence-electron chi connectivity index (χ2n) is 4.34. The van der Waals surface area contributed by atoms with Crippen molar-refractivity contribution in [2.45, 2.75) is 19.4 Å². The number of methoxy groups -OCH3 is 1. The van der Waals surface area contributed by atoms with Gasteiger partial charge in [-0.2, -0.15) is 0 Å². The Balaban J connectivity index is 2.02. The molecule has 1 aromatic carbocycles. The van der Waals surface area contributed by atoms with E-state index in [2.05, 4.69) is 41.4 Å². The minimum atomic E-state index is 0.236. The van der Waals surface area contributed by atoms with Crippen molar-refractivity contribution in [1.29, 1.82) is 0 Å². The van der Waals surface area contributed by atoms with Crippen molar-refractivity contribution in [2.75, 3.05) is 25.2 Å². The molecule has 0 aromatic heterocycles. The Kier molecular flexibility index (Phi) is 3.97. The zero-order valence-electron chi connectivity index (χ0n) is 10.3. The predicted octanol–water partition coefficient (Wildman–Crippen LogP) is 1.96. The fourth-order valence-electron chi connectivity index (χ4n) is 2.13. The average Bonchev–Trinajstić information content (AvgIpc) is 2.72. The summed E-state index contributed by atoms with van der Waals surface area (Å²) in [6, 6.07) is 8.65. The van der Waals surface area contributed by atoms with Crippen molar-refractivity contribution in [3.63, 3.8) is 0 Å². The largest absolute Gasteiger partial charge is 0.383 e. The zero-order valence-corrected chi connectivity index (χ0v) is 11.1. The second kappa shape index (κ2) is 5.47. The molecule has 1 unspecified atom stereocenters. The van der Waals surface area contributed by atoms with Gasteiger partial charge in [-0.05, 0) is 37.2 Å². The van der Waals surface area contributed by atoms with Gasteiger partial charge in [0.15, 0.2) is 5.11 Å². The molecule has 0 amide bonds. The van der Waals surface area contributed by atoms with Crippen LogP contribution in [0.5, 0.6) is 0 Å². The third-order valence-electron chi connectivity index (χ3n) is 2.92. The molecular weight excluding hydrogens is 232 g/mol. The average molecular weight is 250 g/mol. The van der Waals surface area contributed by atoms with Gasteiger partial charge in [-0.1, -0.05) is 18.2 Å². The highest BCUT2D eigenvalue weighted by atomic mass is 32.1. The number of nitrogens with one attached hydrogen (secondary N) is 1. The summed E-state index contributed by atoms with van der Waals surface area (Å²) >= 11 is 5.44. The van der Waals surface area contributed by atoms with Crippen LogP contribution in [-0.2, 0) is 11.2 Å². The maximum atomic E-state index is 5.44. The molecule has 3 nitrogen and oxygen atoms in total. The molecule has 1 aromatic rings. The first-order chi connectivity index (χ1) is 8.22. The van der Waals surface area contributed by atoms with Crippen LogP contribution in [0.25, 0.3) is 0 Å². The van der Waals surface area contributed by atoms with Crippen molar-refractivity contribution >= 4 is 23.0 Å². The van der Waals surface area contributed by atoms with Crippen LogP contribution < -0.4 is 10.2 Å². The van der Waals surface area contributed by atoms with E-state index < -0.39 is 0 Å². The van der Waals surface area contributed by atoms with Crippen LogP contribution in [0.3, 0.4) is 0 Å². The Bertz CT molecular complexity index is 408. The summed E-state index contributed by atoms with van der Waals surface area (Å²) in [6.07, 6.45) is 1.07. The van der Waals surface area contributed by atoms with E-state index >= 15 is 0 Å². The van der Waals surface area contributed by atoms with Gasteiger partial charge in [0.1, 0.15) is 0 Å². The molecule has 1 heterocycles. The lowest BCUT2D eigenvalue weighted by Gasteiger charge is -2.24. The molecule has 17 heavy (non-hydrogen) atoms. The number of fused-ring (bicyclic) bond motifs is 1. The number of para-hydroxylation sites is 1. The van der Waals surface area contributed by atoms with E-state index in [1.54, 1.807) is 7.11 Å².